The zero-order chi connectivity index (χ0) is 18.6. The molecule has 0 unspecified atom stereocenters. The van der Waals surface area contributed by atoms with Crippen LogP contribution in [-0.4, -0.2) is 28.1 Å². The zero-order valence-electron chi connectivity index (χ0n) is 13.7. The number of halogens is 1. The first kappa shape index (κ1) is 18.7. The number of benzene rings is 2. The van der Waals surface area contributed by atoms with Crippen molar-refractivity contribution in [2.24, 2.45) is 0 Å². The molecule has 2 aromatic rings. The fraction of sp³-hybridized carbons (Fsp3) is 0.235. The van der Waals surface area contributed by atoms with Crippen LogP contribution in [0.15, 0.2) is 42.5 Å². The third-order valence-corrected chi connectivity index (χ3v) is 3.43. The quantitative estimate of drug-likeness (QED) is 0.603. The van der Waals surface area contributed by atoms with Crippen molar-refractivity contribution in [2.45, 2.75) is 19.4 Å². The number of ether oxygens (including phenoxy) is 1. The third kappa shape index (κ3) is 5.44. The Morgan fingerprint density at radius 2 is 2.04 bits per heavy atom. The van der Waals surface area contributed by atoms with Crippen molar-refractivity contribution >= 4 is 23.2 Å². The highest BCUT2D eigenvalue weighted by Gasteiger charge is 2.16. The van der Waals surface area contributed by atoms with Gasteiger partial charge in [-0.3, -0.25) is 14.9 Å². The monoisotopic (exact) mass is 364 g/mol. The number of rotatable bonds is 6. The highest BCUT2D eigenvalue weighted by atomic mass is 35.5. The lowest BCUT2D eigenvalue weighted by molar-refractivity contribution is -0.384. The van der Waals surface area contributed by atoms with E-state index in [0.29, 0.717) is 11.3 Å². The van der Waals surface area contributed by atoms with E-state index in [1.54, 1.807) is 32.0 Å². The van der Waals surface area contributed by atoms with Gasteiger partial charge in [0.05, 0.1) is 15.5 Å². The summed E-state index contributed by atoms with van der Waals surface area (Å²) >= 11 is 5.99. The van der Waals surface area contributed by atoms with Crippen LogP contribution in [0.5, 0.6) is 11.5 Å². The van der Waals surface area contributed by atoms with Gasteiger partial charge in [0, 0.05) is 24.2 Å². The molecule has 132 valence electrons. The topological polar surface area (TPSA) is 102 Å². The maximum Gasteiger partial charge on any atom is 0.271 e. The first-order chi connectivity index (χ1) is 11.7. The molecule has 25 heavy (non-hydrogen) atoms. The molecule has 0 heterocycles. The van der Waals surface area contributed by atoms with Crippen LogP contribution in [-0.2, 0) is 0 Å². The van der Waals surface area contributed by atoms with Crippen molar-refractivity contribution in [3.8, 4) is 11.5 Å². The molecule has 0 aromatic heterocycles. The minimum absolute atomic E-state index is 0.0890. The average molecular weight is 365 g/mol. The third-order valence-electron chi connectivity index (χ3n) is 3.13. The summed E-state index contributed by atoms with van der Waals surface area (Å²) in [6.07, 6.45) is 0. The Hall–Kier alpha value is -2.64. The minimum Gasteiger partial charge on any atom is -0.456 e. The maximum absolute atomic E-state index is 12.1. The molecule has 0 bridgehead atoms. The lowest BCUT2D eigenvalue weighted by atomic mass is 10.1. The molecule has 2 aromatic carbocycles. The molecule has 0 saturated heterocycles. The Balaban J connectivity index is 2.14. The van der Waals surface area contributed by atoms with E-state index in [1.165, 1.54) is 24.3 Å². The molecular weight excluding hydrogens is 348 g/mol. The maximum atomic E-state index is 12.1. The summed E-state index contributed by atoms with van der Waals surface area (Å²) in [5.74, 6) is 0.232. The van der Waals surface area contributed by atoms with Crippen molar-refractivity contribution in [1.29, 1.82) is 0 Å². The lowest BCUT2D eigenvalue weighted by Crippen LogP contribution is -2.38. The number of nitro benzene ring substituents is 1. The lowest BCUT2D eigenvalue weighted by Gasteiger charge is -2.17. The van der Waals surface area contributed by atoms with Crippen LogP contribution in [0.1, 0.15) is 24.2 Å². The Morgan fingerprint density at radius 3 is 2.64 bits per heavy atom. The number of nitrogens with zero attached hydrogens (tertiary/aromatic N) is 1. The SMILES string of the molecule is CC(C)(O)CNC(=O)c1cccc(Oc2ccc([N+](=O)[O-])cc2Cl)c1. The normalized spacial score (nSPS) is 11.0. The molecule has 0 radical (unpaired) electrons. The highest BCUT2D eigenvalue weighted by molar-refractivity contribution is 6.32. The van der Waals surface area contributed by atoms with Gasteiger partial charge in [0.1, 0.15) is 11.5 Å². The molecule has 0 atom stereocenters. The van der Waals surface area contributed by atoms with Gasteiger partial charge in [-0.1, -0.05) is 17.7 Å². The van der Waals surface area contributed by atoms with Crippen molar-refractivity contribution in [3.05, 3.63) is 63.2 Å². The number of carbonyl (C=O) groups is 1. The molecule has 7 nitrogen and oxygen atoms in total. The number of nitrogens with one attached hydrogen (secondary N) is 1. The summed E-state index contributed by atoms with van der Waals surface area (Å²) in [6, 6.07) is 10.2. The van der Waals surface area contributed by atoms with Crippen LogP contribution in [0, 0.1) is 10.1 Å². The van der Waals surface area contributed by atoms with Crippen molar-refractivity contribution in [2.75, 3.05) is 6.54 Å². The molecule has 0 spiro atoms. The largest absolute Gasteiger partial charge is 0.456 e. The van der Waals surface area contributed by atoms with Gasteiger partial charge >= 0.3 is 0 Å². The van der Waals surface area contributed by atoms with Gasteiger partial charge in [-0.25, -0.2) is 0 Å². The molecule has 1 amide bonds. The smallest absolute Gasteiger partial charge is 0.271 e. The minimum atomic E-state index is -1.02. The number of hydrogen-bond donors (Lipinski definition) is 2. The predicted molar refractivity (Wildman–Crippen MR) is 93.3 cm³/mol. The molecular formula is C17H17ClN2O5. The number of carbonyl (C=O) groups excluding carboxylic acids is 1. The summed E-state index contributed by atoms with van der Waals surface area (Å²) in [5.41, 5.74) is -0.812. The predicted octanol–water partition coefficient (Wildman–Crippen LogP) is 3.54. The molecule has 0 saturated carbocycles. The van der Waals surface area contributed by atoms with Gasteiger partial charge < -0.3 is 15.2 Å². The first-order valence-corrected chi connectivity index (χ1v) is 7.76. The second-order valence-electron chi connectivity index (χ2n) is 6.00. The van der Waals surface area contributed by atoms with Gasteiger partial charge in [-0.15, -0.1) is 0 Å². The average Bonchev–Trinajstić information content (AvgIpc) is 2.54. The van der Waals surface area contributed by atoms with Crippen LogP contribution in [0.25, 0.3) is 0 Å². The fourth-order valence-corrected chi connectivity index (χ4v) is 2.13. The molecule has 2 rings (SSSR count). The van der Waals surface area contributed by atoms with E-state index in [0.717, 1.165) is 0 Å². The van der Waals surface area contributed by atoms with Gasteiger partial charge in [-0.05, 0) is 38.1 Å². The summed E-state index contributed by atoms with van der Waals surface area (Å²) in [5, 5.41) is 23.1. The fourth-order valence-electron chi connectivity index (χ4n) is 1.91. The van der Waals surface area contributed by atoms with E-state index in [-0.39, 0.29) is 28.9 Å². The van der Waals surface area contributed by atoms with Crippen LogP contribution >= 0.6 is 11.6 Å². The molecule has 8 heteroatoms. The molecule has 0 aliphatic carbocycles. The van der Waals surface area contributed by atoms with E-state index in [1.807, 2.05) is 0 Å². The van der Waals surface area contributed by atoms with E-state index >= 15 is 0 Å². The van der Waals surface area contributed by atoms with Crippen molar-refractivity contribution in [3.63, 3.8) is 0 Å². The zero-order valence-corrected chi connectivity index (χ0v) is 14.4. The number of aliphatic hydroxyl groups is 1. The van der Waals surface area contributed by atoms with Crippen LogP contribution in [0.2, 0.25) is 5.02 Å². The highest BCUT2D eigenvalue weighted by Crippen LogP contribution is 2.32. The summed E-state index contributed by atoms with van der Waals surface area (Å²) in [7, 11) is 0. The van der Waals surface area contributed by atoms with E-state index in [2.05, 4.69) is 5.32 Å². The molecule has 0 fully saturated rings. The van der Waals surface area contributed by atoms with Crippen LogP contribution < -0.4 is 10.1 Å². The van der Waals surface area contributed by atoms with Gasteiger partial charge in [0.15, 0.2) is 0 Å². The van der Waals surface area contributed by atoms with E-state index in [4.69, 9.17) is 16.3 Å². The molecule has 0 aliphatic heterocycles. The molecule has 2 N–H and O–H groups in total. The first-order valence-electron chi connectivity index (χ1n) is 7.38. The number of amides is 1. The van der Waals surface area contributed by atoms with Crippen LogP contribution in [0.4, 0.5) is 5.69 Å². The Kier molecular flexibility index (Phi) is 5.61. The number of hydrogen-bond acceptors (Lipinski definition) is 5. The summed E-state index contributed by atoms with van der Waals surface area (Å²) in [4.78, 5) is 22.3. The second-order valence-corrected chi connectivity index (χ2v) is 6.40. The number of non-ortho nitro benzene ring substituents is 1. The van der Waals surface area contributed by atoms with Gasteiger partial charge in [0.25, 0.3) is 11.6 Å². The van der Waals surface area contributed by atoms with Crippen LogP contribution in [0.3, 0.4) is 0 Å². The van der Waals surface area contributed by atoms with Gasteiger partial charge in [-0.2, -0.15) is 0 Å². The van der Waals surface area contributed by atoms with Crippen molar-refractivity contribution < 1.29 is 19.6 Å². The second kappa shape index (κ2) is 7.50. The Morgan fingerprint density at radius 1 is 1.32 bits per heavy atom. The summed E-state index contributed by atoms with van der Waals surface area (Å²) < 4.78 is 5.60. The van der Waals surface area contributed by atoms with E-state index in [9.17, 15) is 20.0 Å². The molecule has 0 aliphatic rings. The number of nitro groups is 1. The van der Waals surface area contributed by atoms with Crippen molar-refractivity contribution in [1.82, 2.24) is 5.32 Å². The van der Waals surface area contributed by atoms with E-state index < -0.39 is 10.5 Å². The Bertz CT molecular complexity index is 802. The van der Waals surface area contributed by atoms with Gasteiger partial charge in [0.2, 0.25) is 0 Å². The Labute approximate surface area is 149 Å². The standard InChI is InChI=1S/C17H17ClN2O5/c1-17(2,22)10-19-16(21)11-4-3-5-13(8-11)25-15-7-6-12(20(23)24)9-14(15)18/h3-9,22H,10H2,1-2H3,(H,19,21). The summed E-state index contributed by atoms with van der Waals surface area (Å²) in [6.45, 7) is 3.28.